The predicted octanol–water partition coefficient (Wildman–Crippen LogP) is 5.22. The van der Waals surface area contributed by atoms with Crippen molar-refractivity contribution < 1.29 is 0 Å². The SMILES string of the molecule is CCCCN(CCC)C1CCC(c2ccccc2)CC1. The van der Waals surface area contributed by atoms with E-state index < -0.39 is 0 Å². The highest BCUT2D eigenvalue weighted by atomic mass is 15.1. The van der Waals surface area contributed by atoms with Gasteiger partial charge in [-0.25, -0.2) is 0 Å². The Bertz CT molecular complexity index is 351. The molecule has 1 heteroatoms. The van der Waals surface area contributed by atoms with E-state index in [9.17, 15) is 0 Å². The van der Waals surface area contributed by atoms with Crippen molar-refractivity contribution in [1.82, 2.24) is 4.90 Å². The molecule has 0 N–H and O–H groups in total. The summed E-state index contributed by atoms with van der Waals surface area (Å²) in [6.45, 7) is 7.22. The molecule has 0 unspecified atom stereocenters. The molecule has 20 heavy (non-hydrogen) atoms. The third kappa shape index (κ3) is 4.34. The third-order valence-corrected chi connectivity index (χ3v) is 4.79. The zero-order chi connectivity index (χ0) is 14.2. The summed E-state index contributed by atoms with van der Waals surface area (Å²) in [5.41, 5.74) is 1.56. The fraction of sp³-hybridized carbons (Fsp3) is 0.684. The molecule has 0 amide bonds. The molecular formula is C19H31N. The van der Waals surface area contributed by atoms with Gasteiger partial charge < -0.3 is 4.90 Å². The molecule has 0 heterocycles. The van der Waals surface area contributed by atoms with Crippen LogP contribution in [0.2, 0.25) is 0 Å². The van der Waals surface area contributed by atoms with Crippen LogP contribution in [0.1, 0.15) is 70.3 Å². The van der Waals surface area contributed by atoms with Gasteiger partial charge in [0.15, 0.2) is 0 Å². The summed E-state index contributed by atoms with van der Waals surface area (Å²) in [5.74, 6) is 0.808. The van der Waals surface area contributed by atoms with Crippen LogP contribution in [0.15, 0.2) is 30.3 Å². The van der Waals surface area contributed by atoms with Gasteiger partial charge in [0, 0.05) is 6.04 Å². The smallest absolute Gasteiger partial charge is 0.00956 e. The third-order valence-electron chi connectivity index (χ3n) is 4.79. The fourth-order valence-electron chi connectivity index (χ4n) is 3.62. The predicted molar refractivity (Wildman–Crippen MR) is 88.2 cm³/mol. The highest BCUT2D eigenvalue weighted by Crippen LogP contribution is 2.34. The summed E-state index contributed by atoms with van der Waals surface area (Å²) in [4.78, 5) is 2.77. The van der Waals surface area contributed by atoms with E-state index in [0.29, 0.717) is 0 Å². The Kier molecular flexibility index (Phi) is 6.59. The molecule has 0 spiro atoms. The van der Waals surface area contributed by atoms with Gasteiger partial charge in [-0.3, -0.25) is 0 Å². The van der Waals surface area contributed by atoms with Crippen molar-refractivity contribution >= 4 is 0 Å². The van der Waals surface area contributed by atoms with Crippen LogP contribution in [0.5, 0.6) is 0 Å². The van der Waals surface area contributed by atoms with E-state index in [0.717, 1.165) is 12.0 Å². The molecule has 0 bridgehead atoms. The first kappa shape index (κ1) is 15.6. The second kappa shape index (κ2) is 8.46. The molecular weight excluding hydrogens is 242 g/mol. The van der Waals surface area contributed by atoms with Gasteiger partial charge in [0.25, 0.3) is 0 Å². The molecule has 0 atom stereocenters. The van der Waals surface area contributed by atoms with Crippen LogP contribution in [0.25, 0.3) is 0 Å². The van der Waals surface area contributed by atoms with Gasteiger partial charge in [0.1, 0.15) is 0 Å². The maximum absolute atomic E-state index is 2.77. The van der Waals surface area contributed by atoms with Crippen molar-refractivity contribution in [2.75, 3.05) is 13.1 Å². The minimum Gasteiger partial charge on any atom is -0.300 e. The van der Waals surface area contributed by atoms with Gasteiger partial charge >= 0.3 is 0 Å². The van der Waals surface area contributed by atoms with Gasteiger partial charge in [0.2, 0.25) is 0 Å². The highest BCUT2D eigenvalue weighted by Gasteiger charge is 2.25. The number of benzene rings is 1. The van der Waals surface area contributed by atoms with Crippen LogP contribution >= 0.6 is 0 Å². The molecule has 1 nitrogen and oxygen atoms in total. The minimum absolute atomic E-state index is 0.808. The van der Waals surface area contributed by atoms with E-state index >= 15 is 0 Å². The Hall–Kier alpha value is -0.820. The summed E-state index contributed by atoms with van der Waals surface area (Å²) in [7, 11) is 0. The lowest BCUT2D eigenvalue weighted by Gasteiger charge is -2.37. The summed E-state index contributed by atoms with van der Waals surface area (Å²) in [6, 6.07) is 12.0. The van der Waals surface area contributed by atoms with Crippen LogP contribution in [-0.4, -0.2) is 24.0 Å². The molecule has 1 fully saturated rings. The Morgan fingerprint density at radius 2 is 1.60 bits per heavy atom. The van der Waals surface area contributed by atoms with Crippen molar-refractivity contribution in [2.45, 2.75) is 70.8 Å². The van der Waals surface area contributed by atoms with Crippen molar-refractivity contribution in [3.05, 3.63) is 35.9 Å². The average Bonchev–Trinajstić information content (AvgIpc) is 2.52. The molecule has 0 aromatic heterocycles. The number of hydrogen-bond acceptors (Lipinski definition) is 1. The molecule has 0 radical (unpaired) electrons. The summed E-state index contributed by atoms with van der Waals surface area (Å²) >= 11 is 0. The molecule has 1 aromatic rings. The lowest BCUT2D eigenvalue weighted by atomic mass is 9.81. The molecule has 0 saturated heterocycles. The molecule has 2 rings (SSSR count). The van der Waals surface area contributed by atoms with Crippen LogP contribution in [0.4, 0.5) is 0 Å². The largest absolute Gasteiger partial charge is 0.300 e. The quantitative estimate of drug-likeness (QED) is 0.658. The van der Waals surface area contributed by atoms with E-state index in [2.05, 4.69) is 49.1 Å². The first-order valence-corrected chi connectivity index (χ1v) is 8.64. The van der Waals surface area contributed by atoms with E-state index in [1.807, 2.05) is 0 Å². The molecule has 0 aliphatic heterocycles. The highest BCUT2D eigenvalue weighted by molar-refractivity contribution is 5.20. The lowest BCUT2D eigenvalue weighted by Crippen LogP contribution is -2.39. The summed E-state index contributed by atoms with van der Waals surface area (Å²) in [5, 5.41) is 0. The first-order chi connectivity index (χ1) is 9.85. The van der Waals surface area contributed by atoms with Crippen LogP contribution in [-0.2, 0) is 0 Å². The Morgan fingerprint density at radius 3 is 2.20 bits per heavy atom. The Morgan fingerprint density at radius 1 is 0.900 bits per heavy atom. The number of hydrogen-bond donors (Lipinski definition) is 0. The van der Waals surface area contributed by atoms with E-state index in [4.69, 9.17) is 0 Å². The summed E-state index contributed by atoms with van der Waals surface area (Å²) in [6.07, 6.45) is 9.51. The lowest BCUT2D eigenvalue weighted by molar-refractivity contribution is 0.147. The second-order valence-electron chi connectivity index (χ2n) is 6.31. The number of rotatable bonds is 7. The van der Waals surface area contributed by atoms with Gasteiger partial charge in [-0.15, -0.1) is 0 Å². The monoisotopic (exact) mass is 273 g/mol. The van der Waals surface area contributed by atoms with Gasteiger partial charge in [-0.05, 0) is 63.1 Å². The van der Waals surface area contributed by atoms with Crippen molar-refractivity contribution in [3.63, 3.8) is 0 Å². The molecule has 1 aromatic carbocycles. The first-order valence-electron chi connectivity index (χ1n) is 8.64. The van der Waals surface area contributed by atoms with E-state index in [-0.39, 0.29) is 0 Å². The van der Waals surface area contributed by atoms with Crippen molar-refractivity contribution in [1.29, 1.82) is 0 Å². The fourth-order valence-corrected chi connectivity index (χ4v) is 3.62. The van der Waals surface area contributed by atoms with E-state index in [1.165, 1.54) is 58.0 Å². The average molecular weight is 273 g/mol. The van der Waals surface area contributed by atoms with Crippen LogP contribution in [0, 0.1) is 0 Å². The molecule has 1 aliphatic carbocycles. The number of nitrogens with zero attached hydrogens (tertiary/aromatic N) is 1. The zero-order valence-electron chi connectivity index (χ0n) is 13.4. The van der Waals surface area contributed by atoms with E-state index in [1.54, 1.807) is 5.56 Å². The zero-order valence-corrected chi connectivity index (χ0v) is 13.4. The Balaban J connectivity index is 1.85. The second-order valence-corrected chi connectivity index (χ2v) is 6.31. The maximum Gasteiger partial charge on any atom is 0.00956 e. The van der Waals surface area contributed by atoms with Gasteiger partial charge in [-0.2, -0.15) is 0 Å². The number of unbranched alkanes of at least 4 members (excludes halogenated alkanes) is 1. The molecule has 112 valence electrons. The molecule has 1 saturated carbocycles. The minimum atomic E-state index is 0.808. The normalized spacial score (nSPS) is 23.1. The van der Waals surface area contributed by atoms with Crippen molar-refractivity contribution in [2.24, 2.45) is 0 Å². The topological polar surface area (TPSA) is 3.24 Å². The standard InChI is InChI=1S/C19H31N/c1-3-5-16-20(15-4-2)19-13-11-18(12-14-19)17-9-7-6-8-10-17/h6-10,18-19H,3-5,11-16H2,1-2H3. The Labute approximate surface area is 125 Å². The van der Waals surface area contributed by atoms with Gasteiger partial charge in [-0.1, -0.05) is 50.6 Å². The summed E-state index contributed by atoms with van der Waals surface area (Å²) < 4.78 is 0. The maximum atomic E-state index is 2.77. The van der Waals surface area contributed by atoms with Crippen LogP contribution in [0.3, 0.4) is 0 Å². The molecule has 1 aliphatic rings. The van der Waals surface area contributed by atoms with Crippen LogP contribution < -0.4 is 0 Å². The van der Waals surface area contributed by atoms with Gasteiger partial charge in [0.05, 0.1) is 0 Å². The van der Waals surface area contributed by atoms with Crippen molar-refractivity contribution in [3.8, 4) is 0 Å².